The molecule has 0 aliphatic carbocycles. The summed E-state index contributed by atoms with van der Waals surface area (Å²) in [6.45, 7) is 0. The van der Waals surface area contributed by atoms with Crippen LogP contribution in [0.25, 0.3) is 11.1 Å². The predicted octanol–water partition coefficient (Wildman–Crippen LogP) is 4.20. The Hall–Kier alpha value is -2.64. The number of imidazole rings is 1. The molecule has 3 nitrogen and oxygen atoms in total. The molecule has 1 aromatic heterocycles. The van der Waals surface area contributed by atoms with Crippen molar-refractivity contribution in [2.75, 3.05) is 0 Å². The summed E-state index contributed by atoms with van der Waals surface area (Å²) in [6.07, 6.45) is 2.68. The van der Waals surface area contributed by atoms with Crippen LogP contribution in [0.15, 0.2) is 54.7 Å². The van der Waals surface area contributed by atoms with Crippen LogP contribution in [-0.4, -0.2) is 9.97 Å². The van der Waals surface area contributed by atoms with Crippen molar-refractivity contribution < 1.29 is 0 Å². The van der Waals surface area contributed by atoms with E-state index in [1.54, 1.807) is 0 Å². The Morgan fingerprint density at radius 3 is 2.48 bits per heavy atom. The van der Waals surface area contributed by atoms with Crippen LogP contribution in [0.3, 0.4) is 0 Å². The van der Waals surface area contributed by atoms with Crippen molar-refractivity contribution in [1.29, 1.82) is 5.26 Å². The summed E-state index contributed by atoms with van der Waals surface area (Å²) in [7, 11) is 0. The SMILES string of the molecule is N#Cc1ccc(-c2ccccc2Cc2c[nH]c(=S)[nH]2)cc1. The molecule has 3 rings (SSSR count). The van der Waals surface area contributed by atoms with E-state index in [1.165, 1.54) is 11.1 Å². The van der Waals surface area contributed by atoms with Gasteiger partial charge in [0.2, 0.25) is 0 Å². The second-order valence-electron chi connectivity index (χ2n) is 4.79. The van der Waals surface area contributed by atoms with Gasteiger partial charge in [-0.1, -0.05) is 36.4 Å². The average Bonchev–Trinajstić information content (AvgIpc) is 2.93. The third-order valence-electron chi connectivity index (χ3n) is 3.37. The molecule has 0 saturated heterocycles. The van der Waals surface area contributed by atoms with Crippen molar-refractivity contribution in [2.45, 2.75) is 6.42 Å². The molecule has 2 aromatic carbocycles. The second kappa shape index (κ2) is 5.78. The van der Waals surface area contributed by atoms with Gasteiger partial charge in [0.05, 0.1) is 11.6 Å². The van der Waals surface area contributed by atoms with E-state index in [0.29, 0.717) is 10.3 Å². The van der Waals surface area contributed by atoms with Gasteiger partial charge in [-0.15, -0.1) is 0 Å². The van der Waals surface area contributed by atoms with Gasteiger partial charge in [0.25, 0.3) is 0 Å². The lowest BCUT2D eigenvalue weighted by atomic mass is 9.96. The predicted molar refractivity (Wildman–Crippen MR) is 85.4 cm³/mol. The van der Waals surface area contributed by atoms with Gasteiger partial charge < -0.3 is 9.97 Å². The van der Waals surface area contributed by atoms with Crippen LogP contribution in [0.4, 0.5) is 0 Å². The molecule has 0 unspecified atom stereocenters. The summed E-state index contributed by atoms with van der Waals surface area (Å²) in [4.78, 5) is 6.12. The van der Waals surface area contributed by atoms with E-state index < -0.39 is 0 Å². The summed E-state index contributed by atoms with van der Waals surface area (Å²) in [5, 5.41) is 8.88. The third kappa shape index (κ3) is 2.93. The van der Waals surface area contributed by atoms with Gasteiger partial charge in [0.15, 0.2) is 4.77 Å². The van der Waals surface area contributed by atoms with E-state index in [4.69, 9.17) is 17.5 Å². The van der Waals surface area contributed by atoms with Gasteiger partial charge in [-0.25, -0.2) is 0 Å². The molecule has 0 fully saturated rings. The van der Waals surface area contributed by atoms with Crippen molar-refractivity contribution >= 4 is 12.2 Å². The Morgan fingerprint density at radius 1 is 1.05 bits per heavy atom. The fraction of sp³-hybridized carbons (Fsp3) is 0.0588. The van der Waals surface area contributed by atoms with Crippen LogP contribution in [0.5, 0.6) is 0 Å². The van der Waals surface area contributed by atoms with E-state index in [1.807, 2.05) is 42.6 Å². The molecular weight excluding hydrogens is 278 g/mol. The zero-order chi connectivity index (χ0) is 14.7. The van der Waals surface area contributed by atoms with Crippen LogP contribution in [0, 0.1) is 16.1 Å². The van der Waals surface area contributed by atoms with Crippen LogP contribution in [-0.2, 0) is 6.42 Å². The summed E-state index contributed by atoms with van der Waals surface area (Å²) in [5.74, 6) is 0. The average molecular weight is 291 g/mol. The van der Waals surface area contributed by atoms with Gasteiger partial charge >= 0.3 is 0 Å². The molecule has 0 amide bonds. The van der Waals surface area contributed by atoms with Crippen LogP contribution in [0.2, 0.25) is 0 Å². The van der Waals surface area contributed by atoms with Crippen molar-refractivity contribution in [3.05, 3.63) is 76.3 Å². The van der Waals surface area contributed by atoms with Crippen molar-refractivity contribution in [3.63, 3.8) is 0 Å². The zero-order valence-corrected chi connectivity index (χ0v) is 12.1. The number of rotatable bonds is 3. The molecule has 0 spiro atoms. The molecule has 0 bridgehead atoms. The van der Waals surface area contributed by atoms with Gasteiger partial charge in [0.1, 0.15) is 0 Å². The Labute approximate surface area is 127 Å². The summed E-state index contributed by atoms with van der Waals surface area (Å²) < 4.78 is 0.640. The van der Waals surface area contributed by atoms with Gasteiger partial charge in [-0.3, -0.25) is 0 Å². The fourth-order valence-electron chi connectivity index (χ4n) is 2.35. The van der Waals surface area contributed by atoms with Crippen molar-refractivity contribution in [1.82, 2.24) is 9.97 Å². The number of hydrogen-bond acceptors (Lipinski definition) is 2. The molecule has 0 saturated carbocycles. The van der Waals surface area contributed by atoms with Crippen LogP contribution in [0.1, 0.15) is 16.8 Å². The van der Waals surface area contributed by atoms with Gasteiger partial charge in [-0.2, -0.15) is 5.26 Å². The zero-order valence-electron chi connectivity index (χ0n) is 11.3. The van der Waals surface area contributed by atoms with E-state index in [9.17, 15) is 0 Å². The van der Waals surface area contributed by atoms with Crippen molar-refractivity contribution in [2.24, 2.45) is 0 Å². The Kier molecular flexibility index (Phi) is 3.67. The van der Waals surface area contributed by atoms with Gasteiger partial charge in [-0.05, 0) is 41.0 Å². The number of nitrogens with zero attached hydrogens (tertiary/aromatic N) is 1. The first-order valence-electron chi connectivity index (χ1n) is 6.61. The smallest absolute Gasteiger partial charge is 0.174 e. The van der Waals surface area contributed by atoms with Crippen molar-refractivity contribution in [3.8, 4) is 17.2 Å². The number of aromatic amines is 2. The molecular formula is C17H13N3S. The largest absolute Gasteiger partial charge is 0.337 e. The topological polar surface area (TPSA) is 55.4 Å². The highest BCUT2D eigenvalue weighted by molar-refractivity contribution is 7.71. The quantitative estimate of drug-likeness (QED) is 0.710. The van der Waals surface area contributed by atoms with Crippen LogP contribution < -0.4 is 0 Å². The van der Waals surface area contributed by atoms with Gasteiger partial charge in [0, 0.05) is 18.3 Å². The maximum absolute atomic E-state index is 8.88. The number of H-pyrrole nitrogens is 2. The summed E-state index contributed by atoms with van der Waals surface area (Å²) in [6, 6.07) is 18.1. The standard InChI is InChI=1S/C17H13N3S/c18-10-12-5-7-13(8-6-12)16-4-2-1-3-14(16)9-15-11-19-17(21)20-15/h1-8,11H,9H2,(H2,19,20,21). The molecule has 102 valence electrons. The highest BCUT2D eigenvalue weighted by atomic mass is 32.1. The molecule has 0 aliphatic rings. The molecule has 1 heterocycles. The molecule has 0 atom stereocenters. The number of aromatic nitrogens is 2. The lowest BCUT2D eigenvalue weighted by molar-refractivity contribution is 1.10. The maximum Gasteiger partial charge on any atom is 0.174 e. The summed E-state index contributed by atoms with van der Waals surface area (Å²) >= 11 is 5.06. The Balaban J connectivity index is 1.98. The number of nitriles is 1. The van der Waals surface area contributed by atoms with Crippen LogP contribution >= 0.6 is 12.2 Å². The molecule has 4 heteroatoms. The summed E-state index contributed by atoms with van der Waals surface area (Å²) in [5.41, 5.74) is 5.22. The molecule has 2 N–H and O–H groups in total. The minimum absolute atomic E-state index is 0.640. The minimum atomic E-state index is 0.640. The highest BCUT2D eigenvalue weighted by Crippen LogP contribution is 2.25. The molecule has 0 radical (unpaired) electrons. The minimum Gasteiger partial charge on any atom is -0.337 e. The molecule has 0 aliphatic heterocycles. The Morgan fingerprint density at radius 2 is 1.81 bits per heavy atom. The monoisotopic (exact) mass is 291 g/mol. The fourth-order valence-corrected chi connectivity index (χ4v) is 2.54. The normalized spacial score (nSPS) is 10.2. The number of nitrogens with one attached hydrogen (secondary N) is 2. The maximum atomic E-state index is 8.88. The lowest BCUT2D eigenvalue weighted by Crippen LogP contribution is -1.92. The van der Waals surface area contributed by atoms with E-state index >= 15 is 0 Å². The third-order valence-corrected chi connectivity index (χ3v) is 3.59. The molecule has 3 aromatic rings. The first kappa shape index (κ1) is 13.3. The Bertz CT molecular complexity index is 850. The number of benzene rings is 2. The van der Waals surface area contributed by atoms with E-state index in [-0.39, 0.29) is 0 Å². The second-order valence-corrected chi connectivity index (χ2v) is 5.20. The lowest BCUT2D eigenvalue weighted by Gasteiger charge is -2.09. The first-order chi connectivity index (χ1) is 10.3. The van der Waals surface area contributed by atoms with E-state index in [0.717, 1.165) is 17.7 Å². The molecule has 21 heavy (non-hydrogen) atoms. The highest BCUT2D eigenvalue weighted by Gasteiger charge is 2.06. The first-order valence-corrected chi connectivity index (χ1v) is 7.02. The van der Waals surface area contributed by atoms with E-state index in [2.05, 4.69) is 28.2 Å². The number of hydrogen-bond donors (Lipinski definition) is 2.